The monoisotopic (exact) mass is 432 g/mol. The summed E-state index contributed by atoms with van der Waals surface area (Å²) in [5, 5.41) is 1.92. The number of nitrogens with zero attached hydrogens (tertiary/aromatic N) is 6. The molecule has 156 valence electrons. The average Bonchev–Trinajstić information content (AvgIpc) is 3.43. The molecule has 1 fully saturated rings. The molecule has 0 aromatic carbocycles. The molecule has 1 saturated heterocycles. The van der Waals surface area contributed by atoms with Crippen LogP contribution in [0.25, 0.3) is 5.57 Å². The predicted octanol–water partition coefficient (Wildman–Crippen LogP) is 2.04. The average molecular weight is 433 g/mol. The highest BCUT2D eigenvalue weighted by Gasteiger charge is 2.42. The predicted molar refractivity (Wildman–Crippen MR) is 117 cm³/mol. The fourth-order valence-electron chi connectivity index (χ4n) is 3.90. The smallest absolute Gasteiger partial charge is 0.278 e. The van der Waals surface area contributed by atoms with Gasteiger partial charge in [-0.1, -0.05) is 6.07 Å². The Morgan fingerprint density at radius 2 is 1.55 bits per heavy atom. The van der Waals surface area contributed by atoms with Gasteiger partial charge in [0.15, 0.2) is 0 Å². The van der Waals surface area contributed by atoms with Gasteiger partial charge in [0, 0.05) is 55.8 Å². The minimum absolute atomic E-state index is 0.233. The summed E-state index contributed by atoms with van der Waals surface area (Å²) in [6.45, 7) is 2.82. The number of imide groups is 1. The maximum Gasteiger partial charge on any atom is 0.278 e. The van der Waals surface area contributed by atoms with Crippen LogP contribution in [0.1, 0.15) is 10.4 Å². The zero-order chi connectivity index (χ0) is 21.2. The van der Waals surface area contributed by atoms with Gasteiger partial charge in [-0.2, -0.15) is 0 Å². The van der Waals surface area contributed by atoms with E-state index in [2.05, 4.69) is 19.9 Å². The number of aromatic nitrogens is 3. The molecule has 5 rings (SSSR count). The van der Waals surface area contributed by atoms with Gasteiger partial charge in [0.05, 0.1) is 12.1 Å². The van der Waals surface area contributed by atoms with Crippen molar-refractivity contribution in [1.82, 2.24) is 24.8 Å². The molecule has 3 aromatic heterocycles. The standard InChI is InChI=1S/C22H20N6O2S/c29-20-18(17-3-1-14-31-17)19(21(30)28(20)15-16-4-8-23-9-5-16)26-10-12-27(13-11-26)22-24-6-2-7-25-22/h1-9,14H,10-13,15H2. The van der Waals surface area contributed by atoms with Gasteiger partial charge in [-0.3, -0.25) is 19.5 Å². The van der Waals surface area contributed by atoms with Gasteiger partial charge in [-0.15, -0.1) is 11.3 Å². The van der Waals surface area contributed by atoms with E-state index in [1.165, 1.54) is 16.2 Å². The number of carbonyl (C=O) groups excluding carboxylic acids is 2. The first-order valence-corrected chi connectivity index (χ1v) is 10.9. The molecule has 0 bridgehead atoms. The Labute approximate surface area is 183 Å². The fourth-order valence-corrected chi connectivity index (χ4v) is 4.66. The number of pyridine rings is 1. The Morgan fingerprint density at radius 1 is 0.839 bits per heavy atom. The number of thiophene rings is 1. The molecule has 31 heavy (non-hydrogen) atoms. The third-order valence-electron chi connectivity index (χ3n) is 5.43. The van der Waals surface area contributed by atoms with Crippen LogP contribution in [0.2, 0.25) is 0 Å². The molecular weight excluding hydrogens is 412 g/mol. The molecule has 0 atom stereocenters. The first kappa shape index (κ1) is 19.4. The Kier molecular flexibility index (Phi) is 5.17. The topological polar surface area (TPSA) is 82.5 Å². The van der Waals surface area contributed by atoms with E-state index in [4.69, 9.17) is 0 Å². The molecule has 0 aliphatic carbocycles. The number of amides is 2. The van der Waals surface area contributed by atoms with E-state index in [9.17, 15) is 9.59 Å². The van der Waals surface area contributed by atoms with E-state index < -0.39 is 0 Å². The van der Waals surface area contributed by atoms with Crippen LogP contribution >= 0.6 is 11.3 Å². The largest absolute Gasteiger partial charge is 0.363 e. The van der Waals surface area contributed by atoms with Gasteiger partial charge in [0.1, 0.15) is 5.70 Å². The fraction of sp³-hybridized carbons (Fsp3) is 0.227. The summed E-state index contributed by atoms with van der Waals surface area (Å²) in [4.78, 5) is 45.7. The second-order valence-corrected chi connectivity index (χ2v) is 8.22. The van der Waals surface area contributed by atoms with Gasteiger partial charge in [-0.25, -0.2) is 9.97 Å². The second kappa shape index (κ2) is 8.27. The summed E-state index contributed by atoms with van der Waals surface area (Å²) < 4.78 is 0. The second-order valence-electron chi connectivity index (χ2n) is 7.28. The number of hydrogen-bond acceptors (Lipinski definition) is 8. The van der Waals surface area contributed by atoms with Crippen molar-refractivity contribution in [2.24, 2.45) is 0 Å². The normalized spacial score (nSPS) is 17.1. The van der Waals surface area contributed by atoms with Crippen molar-refractivity contribution in [3.63, 3.8) is 0 Å². The van der Waals surface area contributed by atoms with Crippen LogP contribution in [0.15, 0.2) is 66.2 Å². The Bertz CT molecular complexity index is 1110. The molecular formula is C22H20N6O2S. The van der Waals surface area contributed by atoms with Gasteiger partial charge >= 0.3 is 0 Å². The Balaban J connectivity index is 1.42. The van der Waals surface area contributed by atoms with Gasteiger partial charge in [0.25, 0.3) is 11.8 Å². The quantitative estimate of drug-likeness (QED) is 0.571. The van der Waals surface area contributed by atoms with Crippen LogP contribution in [-0.4, -0.2) is 62.7 Å². The van der Waals surface area contributed by atoms with E-state index in [-0.39, 0.29) is 18.4 Å². The van der Waals surface area contributed by atoms with Gasteiger partial charge < -0.3 is 9.80 Å². The molecule has 0 saturated carbocycles. The van der Waals surface area contributed by atoms with E-state index in [1.54, 1.807) is 30.9 Å². The maximum absolute atomic E-state index is 13.4. The summed E-state index contributed by atoms with van der Waals surface area (Å²) >= 11 is 1.47. The van der Waals surface area contributed by atoms with Crippen molar-refractivity contribution >= 4 is 34.7 Å². The van der Waals surface area contributed by atoms with Crippen molar-refractivity contribution in [3.05, 3.63) is 76.6 Å². The molecule has 2 amide bonds. The molecule has 0 N–H and O–H groups in total. The first-order chi connectivity index (χ1) is 15.2. The van der Waals surface area contributed by atoms with Gasteiger partial charge in [-0.05, 0) is 35.2 Å². The van der Waals surface area contributed by atoms with Crippen LogP contribution in [0.3, 0.4) is 0 Å². The lowest BCUT2D eigenvalue weighted by molar-refractivity contribution is -0.138. The third-order valence-corrected chi connectivity index (χ3v) is 6.32. The minimum atomic E-state index is -0.243. The maximum atomic E-state index is 13.4. The van der Waals surface area contributed by atoms with Crippen LogP contribution in [-0.2, 0) is 16.1 Å². The zero-order valence-corrected chi connectivity index (χ0v) is 17.5. The molecule has 0 spiro atoms. The van der Waals surface area contributed by atoms with Crippen molar-refractivity contribution in [1.29, 1.82) is 0 Å². The highest BCUT2D eigenvalue weighted by atomic mass is 32.1. The highest BCUT2D eigenvalue weighted by molar-refractivity contribution is 7.11. The molecule has 0 unspecified atom stereocenters. The van der Waals surface area contributed by atoms with Crippen molar-refractivity contribution in [3.8, 4) is 0 Å². The minimum Gasteiger partial charge on any atom is -0.363 e. The lowest BCUT2D eigenvalue weighted by Gasteiger charge is -2.36. The first-order valence-electron chi connectivity index (χ1n) is 10.0. The van der Waals surface area contributed by atoms with E-state index in [1.807, 2.05) is 34.5 Å². The summed E-state index contributed by atoms with van der Waals surface area (Å²) in [6.07, 6.45) is 6.78. The highest BCUT2D eigenvalue weighted by Crippen LogP contribution is 2.35. The molecule has 2 aliphatic rings. The summed E-state index contributed by atoms with van der Waals surface area (Å²) in [7, 11) is 0. The number of piperazine rings is 1. The lowest BCUT2D eigenvalue weighted by Crippen LogP contribution is -2.48. The van der Waals surface area contributed by atoms with Crippen molar-refractivity contribution in [2.75, 3.05) is 31.1 Å². The van der Waals surface area contributed by atoms with Crippen LogP contribution in [0.4, 0.5) is 5.95 Å². The Morgan fingerprint density at radius 3 is 2.23 bits per heavy atom. The number of carbonyl (C=O) groups is 2. The molecule has 8 nitrogen and oxygen atoms in total. The molecule has 5 heterocycles. The van der Waals surface area contributed by atoms with Crippen molar-refractivity contribution in [2.45, 2.75) is 6.54 Å². The number of anilines is 1. The van der Waals surface area contributed by atoms with Crippen molar-refractivity contribution < 1.29 is 9.59 Å². The third kappa shape index (κ3) is 3.68. The van der Waals surface area contributed by atoms with E-state index in [0.717, 1.165) is 10.4 Å². The van der Waals surface area contributed by atoms with E-state index in [0.29, 0.717) is 43.4 Å². The Hall–Kier alpha value is -3.59. The number of rotatable bonds is 5. The van der Waals surface area contributed by atoms with Crippen LogP contribution < -0.4 is 4.90 Å². The summed E-state index contributed by atoms with van der Waals surface area (Å²) in [6, 6.07) is 9.23. The van der Waals surface area contributed by atoms with Gasteiger partial charge in [0.2, 0.25) is 5.95 Å². The lowest BCUT2D eigenvalue weighted by atomic mass is 10.1. The van der Waals surface area contributed by atoms with E-state index >= 15 is 0 Å². The SMILES string of the molecule is O=C1C(c2cccs2)=C(N2CCN(c3ncccn3)CC2)C(=O)N1Cc1ccncc1. The molecule has 2 aliphatic heterocycles. The molecule has 3 aromatic rings. The number of hydrogen-bond donors (Lipinski definition) is 0. The molecule has 9 heteroatoms. The van der Waals surface area contributed by atoms with Crippen LogP contribution in [0.5, 0.6) is 0 Å². The summed E-state index contributed by atoms with van der Waals surface area (Å²) in [5.74, 6) is 0.199. The summed E-state index contributed by atoms with van der Waals surface area (Å²) in [5.41, 5.74) is 1.86. The molecule has 0 radical (unpaired) electrons. The van der Waals surface area contributed by atoms with Crippen LogP contribution in [0, 0.1) is 0 Å². The zero-order valence-electron chi connectivity index (χ0n) is 16.7.